The van der Waals surface area contributed by atoms with Crippen LogP contribution >= 0.6 is 27.5 Å². The molecule has 4 nitrogen and oxygen atoms in total. The summed E-state index contributed by atoms with van der Waals surface area (Å²) >= 11 is 8.51. The summed E-state index contributed by atoms with van der Waals surface area (Å²) in [4.78, 5) is 20.5. The molecule has 0 aliphatic carbocycles. The van der Waals surface area contributed by atoms with Crippen LogP contribution in [0.25, 0.3) is 0 Å². The summed E-state index contributed by atoms with van der Waals surface area (Å²) in [5, 5.41) is 17.8. The quantitative estimate of drug-likeness (QED) is 0.840. The van der Waals surface area contributed by atoms with Crippen LogP contribution in [0.3, 0.4) is 0 Å². The minimum Gasteiger partial charge on any atom is -0.480 e. The van der Waals surface area contributed by atoms with Gasteiger partial charge in [-0.15, -0.1) is 0 Å². The summed E-state index contributed by atoms with van der Waals surface area (Å²) in [5.41, 5.74) is 0.0474. The predicted molar refractivity (Wildman–Crippen MR) is 57.7 cm³/mol. The van der Waals surface area contributed by atoms with E-state index in [1.54, 1.807) is 0 Å². The molecule has 0 saturated carbocycles. The van der Waals surface area contributed by atoms with E-state index in [4.69, 9.17) is 21.8 Å². The molecule has 6 heteroatoms. The summed E-state index contributed by atoms with van der Waals surface area (Å²) in [6.45, 7) is 0. The smallest absolute Gasteiger partial charge is 0.336 e. The van der Waals surface area contributed by atoms with Gasteiger partial charge in [0.25, 0.3) is 0 Å². The van der Waals surface area contributed by atoms with Crippen molar-refractivity contribution in [2.24, 2.45) is 0 Å². The van der Waals surface area contributed by atoms with Crippen molar-refractivity contribution in [1.82, 2.24) is 0 Å². The van der Waals surface area contributed by atoms with Crippen LogP contribution in [-0.2, 0) is 4.79 Å². The van der Waals surface area contributed by atoms with Gasteiger partial charge in [0, 0.05) is 5.02 Å². The Hall–Kier alpha value is -1.07. The van der Waals surface area contributed by atoms with Gasteiger partial charge in [-0.05, 0) is 17.7 Å². The first-order valence-corrected chi connectivity index (χ1v) is 5.12. The lowest BCUT2D eigenvalue weighted by Gasteiger charge is -2.08. The summed E-state index contributed by atoms with van der Waals surface area (Å²) in [6, 6.07) is 4.04. The number of aromatic carboxylic acids is 1. The predicted octanol–water partition coefficient (Wildman–Crippen LogP) is 2.56. The third-order valence-electron chi connectivity index (χ3n) is 1.74. The molecule has 1 unspecified atom stereocenters. The highest BCUT2D eigenvalue weighted by molar-refractivity contribution is 9.09. The van der Waals surface area contributed by atoms with Crippen LogP contribution in [0.2, 0.25) is 5.02 Å². The van der Waals surface area contributed by atoms with Gasteiger partial charge in [-0.25, -0.2) is 4.79 Å². The zero-order valence-electron chi connectivity index (χ0n) is 7.28. The zero-order valence-corrected chi connectivity index (χ0v) is 9.62. The van der Waals surface area contributed by atoms with Gasteiger partial charge in [0.1, 0.15) is 4.83 Å². The first-order valence-electron chi connectivity index (χ1n) is 3.83. The van der Waals surface area contributed by atoms with E-state index < -0.39 is 16.8 Å². The SMILES string of the molecule is O=C(O)c1cc(Cl)ccc1C(Br)C(=O)O. The van der Waals surface area contributed by atoms with E-state index in [1.165, 1.54) is 18.2 Å². The average molecular weight is 294 g/mol. The second-order valence-electron chi connectivity index (χ2n) is 2.74. The van der Waals surface area contributed by atoms with Crippen molar-refractivity contribution >= 4 is 39.5 Å². The number of aliphatic carboxylic acids is 1. The molecule has 0 amide bonds. The average Bonchev–Trinajstić information content (AvgIpc) is 2.16. The fourth-order valence-corrected chi connectivity index (χ4v) is 1.64. The molecule has 0 radical (unpaired) electrons. The lowest BCUT2D eigenvalue weighted by molar-refractivity contribution is -0.136. The summed E-state index contributed by atoms with van der Waals surface area (Å²) in [7, 11) is 0. The van der Waals surface area contributed by atoms with E-state index in [0.29, 0.717) is 0 Å². The first-order chi connectivity index (χ1) is 6.93. The van der Waals surface area contributed by atoms with Crippen molar-refractivity contribution in [3.63, 3.8) is 0 Å². The summed E-state index contributed by atoms with van der Waals surface area (Å²) in [5.74, 6) is -2.36. The number of alkyl halides is 1. The maximum atomic E-state index is 10.8. The molecule has 0 spiro atoms. The van der Waals surface area contributed by atoms with Gasteiger partial charge in [0.05, 0.1) is 5.56 Å². The van der Waals surface area contributed by atoms with Crippen LogP contribution in [0, 0.1) is 0 Å². The van der Waals surface area contributed by atoms with Crippen LogP contribution in [0.15, 0.2) is 18.2 Å². The van der Waals surface area contributed by atoms with Crippen molar-refractivity contribution in [3.8, 4) is 0 Å². The summed E-state index contributed by atoms with van der Waals surface area (Å²) in [6.07, 6.45) is 0. The molecular weight excluding hydrogens is 287 g/mol. The van der Waals surface area contributed by atoms with Crippen LogP contribution in [0.1, 0.15) is 20.7 Å². The zero-order chi connectivity index (χ0) is 11.6. The fourth-order valence-electron chi connectivity index (χ4n) is 1.07. The molecule has 0 fully saturated rings. The molecule has 1 rings (SSSR count). The van der Waals surface area contributed by atoms with Crippen LogP contribution in [0.5, 0.6) is 0 Å². The van der Waals surface area contributed by atoms with Gasteiger partial charge < -0.3 is 10.2 Å². The lowest BCUT2D eigenvalue weighted by atomic mass is 10.0. The third-order valence-corrected chi connectivity index (χ3v) is 2.86. The van der Waals surface area contributed by atoms with Crippen molar-refractivity contribution in [2.75, 3.05) is 0 Å². The maximum absolute atomic E-state index is 10.8. The normalized spacial score (nSPS) is 12.1. The number of benzene rings is 1. The van der Waals surface area contributed by atoms with E-state index in [-0.39, 0.29) is 16.1 Å². The molecule has 1 aromatic rings. The van der Waals surface area contributed by atoms with Gasteiger partial charge >= 0.3 is 11.9 Å². The second kappa shape index (κ2) is 4.63. The van der Waals surface area contributed by atoms with Crippen molar-refractivity contribution in [3.05, 3.63) is 34.3 Å². The van der Waals surface area contributed by atoms with Crippen molar-refractivity contribution in [1.29, 1.82) is 0 Å². The molecule has 0 aromatic heterocycles. The topological polar surface area (TPSA) is 74.6 Å². The molecular formula is C9H6BrClO4. The highest BCUT2D eigenvalue weighted by Crippen LogP contribution is 2.28. The van der Waals surface area contributed by atoms with Gasteiger partial charge in [-0.1, -0.05) is 33.6 Å². The molecule has 0 aliphatic heterocycles. The highest BCUT2D eigenvalue weighted by Gasteiger charge is 2.22. The van der Waals surface area contributed by atoms with Crippen LogP contribution < -0.4 is 0 Å². The fraction of sp³-hybridized carbons (Fsp3) is 0.111. The number of carboxylic acid groups (broad SMARTS) is 2. The second-order valence-corrected chi connectivity index (χ2v) is 4.09. The Morgan fingerprint density at radius 3 is 2.40 bits per heavy atom. The number of hydrogen-bond donors (Lipinski definition) is 2. The molecule has 80 valence electrons. The third kappa shape index (κ3) is 2.70. The van der Waals surface area contributed by atoms with Gasteiger partial charge in [-0.3, -0.25) is 4.79 Å². The van der Waals surface area contributed by atoms with Crippen LogP contribution in [-0.4, -0.2) is 22.2 Å². The Kier molecular flexibility index (Phi) is 3.71. The number of carbonyl (C=O) groups is 2. The van der Waals surface area contributed by atoms with Gasteiger partial charge in [0.15, 0.2) is 0 Å². The first kappa shape index (κ1) is 12.0. The molecule has 0 bridgehead atoms. The van der Waals surface area contributed by atoms with Gasteiger partial charge in [0.2, 0.25) is 0 Å². The van der Waals surface area contributed by atoms with Crippen molar-refractivity contribution < 1.29 is 19.8 Å². The number of carboxylic acids is 2. The Bertz CT molecular complexity index is 419. The monoisotopic (exact) mass is 292 g/mol. The van der Waals surface area contributed by atoms with E-state index in [0.717, 1.165) is 0 Å². The summed E-state index contributed by atoms with van der Waals surface area (Å²) < 4.78 is 0. The number of rotatable bonds is 3. The van der Waals surface area contributed by atoms with Crippen LogP contribution in [0.4, 0.5) is 0 Å². The lowest BCUT2D eigenvalue weighted by Crippen LogP contribution is -2.10. The minimum atomic E-state index is -1.21. The Morgan fingerprint density at radius 2 is 1.93 bits per heavy atom. The molecule has 0 saturated heterocycles. The molecule has 2 N–H and O–H groups in total. The number of halogens is 2. The Morgan fingerprint density at radius 1 is 1.33 bits per heavy atom. The minimum absolute atomic E-state index is 0.119. The Labute approximate surface area is 98.6 Å². The number of hydrogen-bond acceptors (Lipinski definition) is 2. The maximum Gasteiger partial charge on any atom is 0.336 e. The molecule has 0 aliphatic rings. The van der Waals surface area contributed by atoms with E-state index in [1.807, 2.05) is 0 Å². The van der Waals surface area contributed by atoms with E-state index in [9.17, 15) is 9.59 Å². The molecule has 1 aromatic carbocycles. The van der Waals surface area contributed by atoms with Gasteiger partial charge in [-0.2, -0.15) is 0 Å². The highest BCUT2D eigenvalue weighted by atomic mass is 79.9. The molecule has 0 heterocycles. The van der Waals surface area contributed by atoms with E-state index >= 15 is 0 Å². The largest absolute Gasteiger partial charge is 0.480 e. The standard InChI is InChI=1S/C9H6BrClO4/c10-7(9(14)15)5-2-1-4(11)3-6(5)8(12)13/h1-3,7H,(H,12,13)(H,14,15). The molecule has 15 heavy (non-hydrogen) atoms. The van der Waals surface area contributed by atoms with E-state index in [2.05, 4.69) is 15.9 Å². The molecule has 1 atom stereocenters. The Balaban J connectivity index is 3.28. The van der Waals surface area contributed by atoms with Crippen molar-refractivity contribution in [2.45, 2.75) is 4.83 Å².